The van der Waals surface area contributed by atoms with Crippen LogP contribution in [0.4, 0.5) is 0 Å². The standard InChI is InChI=1S/C18H26O/c1-5-6-15-7-9-16(10-8-15)17-11-12-18(19-4)14(3)13(17)2/h5-6,11-12,15-16H,7-10H2,1-4H3/b6-5+. The van der Waals surface area contributed by atoms with Gasteiger partial charge in [-0.15, -0.1) is 0 Å². The Balaban J connectivity index is 2.14. The van der Waals surface area contributed by atoms with Crippen molar-refractivity contribution in [2.24, 2.45) is 5.92 Å². The lowest BCUT2D eigenvalue weighted by molar-refractivity contribution is 0.373. The maximum Gasteiger partial charge on any atom is 0.122 e. The summed E-state index contributed by atoms with van der Waals surface area (Å²) in [5.74, 6) is 2.57. The molecule has 104 valence electrons. The van der Waals surface area contributed by atoms with Gasteiger partial charge in [-0.2, -0.15) is 0 Å². The van der Waals surface area contributed by atoms with Crippen LogP contribution in [0.1, 0.15) is 55.2 Å². The van der Waals surface area contributed by atoms with Gasteiger partial charge >= 0.3 is 0 Å². The third-order valence-corrected chi connectivity index (χ3v) is 4.68. The average molecular weight is 258 g/mol. The zero-order valence-electron chi connectivity index (χ0n) is 12.7. The molecule has 0 N–H and O–H groups in total. The van der Waals surface area contributed by atoms with Crippen molar-refractivity contribution in [2.45, 2.75) is 52.4 Å². The van der Waals surface area contributed by atoms with Crippen molar-refractivity contribution >= 4 is 0 Å². The van der Waals surface area contributed by atoms with E-state index in [4.69, 9.17) is 4.74 Å². The molecule has 1 aromatic rings. The first kappa shape index (κ1) is 14.2. The molecule has 2 rings (SSSR count). The fraction of sp³-hybridized carbons (Fsp3) is 0.556. The largest absolute Gasteiger partial charge is 0.496 e. The molecule has 0 amide bonds. The van der Waals surface area contributed by atoms with Crippen LogP contribution in [0, 0.1) is 19.8 Å². The van der Waals surface area contributed by atoms with E-state index in [0.29, 0.717) is 0 Å². The Kier molecular flexibility index (Phi) is 4.68. The first-order chi connectivity index (χ1) is 9.17. The van der Waals surface area contributed by atoms with E-state index in [9.17, 15) is 0 Å². The molecule has 0 unspecified atom stereocenters. The molecule has 1 saturated carbocycles. The Morgan fingerprint density at radius 1 is 1.05 bits per heavy atom. The van der Waals surface area contributed by atoms with Gasteiger partial charge in [0.15, 0.2) is 0 Å². The summed E-state index contributed by atoms with van der Waals surface area (Å²) in [6.07, 6.45) is 9.89. The minimum absolute atomic E-state index is 0.742. The summed E-state index contributed by atoms with van der Waals surface area (Å²) in [7, 11) is 1.75. The van der Waals surface area contributed by atoms with Crippen LogP contribution in [0.2, 0.25) is 0 Å². The van der Waals surface area contributed by atoms with Crippen LogP contribution in [0.25, 0.3) is 0 Å². The lowest BCUT2D eigenvalue weighted by atomic mass is 9.77. The fourth-order valence-electron chi connectivity index (χ4n) is 3.37. The van der Waals surface area contributed by atoms with E-state index in [2.05, 4.69) is 45.1 Å². The maximum atomic E-state index is 5.41. The number of hydrogen-bond acceptors (Lipinski definition) is 1. The third-order valence-electron chi connectivity index (χ3n) is 4.68. The van der Waals surface area contributed by atoms with Crippen LogP contribution >= 0.6 is 0 Å². The van der Waals surface area contributed by atoms with Crippen LogP contribution in [0.5, 0.6) is 5.75 Å². The van der Waals surface area contributed by atoms with E-state index in [1.165, 1.54) is 42.4 Å². The number of methoxy groups -OCH3 is 1. The molecule has 0 atom stereocenters. The molecule has 0 bridgehead atoms. The van der Waals surface area contributed by atoms with Crippen LogP contribution < -0.4 is 4.74 Å². The second kappa shape index (κ2) is 6.27. The quantitative estimate of drug-likeness (QED) is 0.680. The molecule has 1 aromatic carbocycles. The number of rotatable bonds is 3. The second-order valence-corrected chi connectivity index (χ2v) is 5.74. The normalized spacial score (nSPS) is 23.8. The lowest BCUT2D eigenvalue weighted by Crippen LogP contribution is -2.13. The van der Waals surface area contributed by atoms with Gasteiger partial charge in [-0.25, -0.2) is 0 Å². The zero-order chi connectivity index (χ0) is 13.8. The molecule has 0 heterocycles. The summed E-state index contributed by atoms with van der Waals surface area (Å²) in [6, 6.07) is 4.41. The molecule has 0 saturated heterocycles. The zero-order valence-corrected chi connectivity index (χ0v) is 12.7. The highest BCUT2D eigenvalue weighted by atomic mass is 16.5. The first-order valence-corrected chi connectivity index (χ1v) is 7.44. The van der Waals surface area contributed by atoms with Crippen LogP contribution in [0.3, 0.4) is 0 Å². The van der Waals surface area contributed by atoms with E-state index in [1.54, 1.807) is 7.11 Å². The predicted molar refractivity (Wildman–Crippen MR) is 82.0 cm³/mol. The Labute approximate surface area is 117 Å². The highest BCUT2D eigenvalue weighted by molar-refractivity contribution is 5.45. The van der Waals surface area contributed by atoms with Gasteiger partial charge < -0.3 is 4.74 Å². The topological polar surface area (TPSA) is 9.23 Å². The molecule has 0 spiro atoms. The summed E-state index contributed by atoms with van der Waals surface area (Å²) in [4.78, 5) is 0. The van der Waals surface area contributed by atoms with Gasteiger partial charge in [0, 0.05) is 0 Å². The summed E-state index contributed by atoms with van der Waals surface area (Å²) in [5.41, 5.74) is 4.27. The van der Waals surface area contributed by atoms with Crippen molar-refractivity contribution in [3.63, 3.8) is 0 Å². The molecule has 0 radical (unpaired) electrons. The van der Waals surface area contributed by atoms with E-state index in [1.807, 2.05) is 0 Å². The van der Waals surface area contributed by atoms with Crippen molar-refractivity contribution in [1.82, 2.24) is 0 Å². The third kappa shape index (κ3) is 3.02. The van der Waals surface area contributed by atoms with Crippen LogP contribution in [-0.2, 0) is 0 Å². The number of allylic oxidation sites excluding steroid dienone is 2. The van der Waals surface area contributed by atoms with E-state index in [0.717, 1.165) is 17.6 Å². The van der Waals surface area contributed by atoms with Gasteiger partial charge in [-0.1, -0.05) is 18.2 Å². The van der Waals surface area contributed by atoms with Crippen molar-refractivity contribution in [3.05, 3.63) is 41.0 Å². The van der Waals surface area contributed by atoms with Crippen molar-refractivity contribution < 1.29 is 4.74 Å². The molecule has 1 heteroatoms. The highest BCUT2D eigenvalue weighted by Crippen LogP contribution is 2.39. The molecule has 0 aromatic heterocycles. The highest BCUT2D eigenvalue weighted by Gasteiger charge is 2.22. The van der Waals surface area contributed by atoms with Gasteiger partial charge in [-0.05, 0) is 81.0 Å². The van der Waals surface area contributed by atoms with E-state index >= 15 is 0 Å². The van der Waals surface area contributed by atoms with Gasteiger partial charge in [0.25, 0.3) is 0 Å². The van der Waals surface area contributed by atoms with Crippen LogP contribution in [0.15, 0.2) is 24.3 Å². The molecule has 1 nitrogen and oxygen atoms in total. The van der Waals surface area contributed by atoms with Crippen molar-refractivity contribution in [1.29, 1.82) is 0 Å². The van der Waals surface area contributed by atoms with Gasteiger partial charge in [0.05, 0.1) is 7.11 Å². The predicted octanol–water partition coefficient (Wildman–Crippen LogP) is 5.16. The molecular weight excluding hydrogens is 232 g/mol. The molecular formula is C18H26O. The molecule has 0 aliphatic heterocycles. The minimum atomic E-state index is 0.742. The number of ether oxygens (including phenoxy) is 1. The van der Waals surface area contributed by atoms with Gasteiger partial charge in [-0.3, -0.25) is 0 Å². The maximum absolute atomic E-state index is 5.41. The van der Waals surface area contributed by atoms with Crippen LogP contribution in [-0.4, -0.2) is 7.11 Å². The Hall–Kier alpha value is -1.24. The monoisotopic (exact) mass is 258 g/mol. The molecule has 1 aliphatic rings. The van der Waals surface area contributed by atoms with Gasteiger partial charge in [0.2, 0.25) is 0 Å². The molecule has 19 heavy (non-hydrogen) atoms. The smallest absolute Gasteiger partial charge is 0.122 e. The second-order valence-electron chi connectivity index (χ2n) is 5.74. The fourth-order valence-corrected chi connectivity index (χ4v) is 3.37. The van der Waals surface area contributed by atoms with Crippen molar-refractivity contribution in [2.75, 3.05) is 7.11 Å². The summed E-state index contributed by atoms with van der Waals surface area (Å²) < 4.78 is 5.41. The molecule has 1 fully saturated rings. The number of benzene rings is 1. The SMILES string of the molecule is C/C=C/C1CCC(c2ccc(OC)c(C)c2C)CC1. The molecule has 1 aliphatic carbocycles. The average Bonchev–Trinajstić information content (AvgIpc) is 2.43. The Morgan fingerprint density at radius 3 is 2.32 bits per heavy atom. The van der Waals surface area contributed by atoms with E-state index < -0.39 is 0 Å². The summed E-state index contributed by atoms with van der Waals surface area (Å²) in [5, 5.41) is 0. The van der Waals surface area contributed by atoms with Crippen molar-refractivity contribution in [3.8, 4) is 5.75 Å². The Morgan fingerprint density at radius 2 is 1.74 bits per heavy atom. The van der Waals surface area contributed by atoms with E-state index in [-0.39, 0.29) is 0 Å². The summed E-state index contributed by atoms with van der Waals surface area (Å²) >= 11 is 0. The Bertz CT molecular complexity index is 451. The lowest BCUT2D eigenvalue weighted by Gasteiger charge is -2.29. The minimum Gasteiger partial charge on any atom is -0.496 e. The first-order valence-electron chi connectivity index (χ1n) is 7.44. The number of hydrogen-bond donors (Lipinski definition) is 0. The van der Waals surface area contributed by atoms with Gasteiger partial charge in [0.1, 0.15) is 5.75 Å². The summed E-state index contributed by atoms with van der Waals surface area (Å²) in [6.45, 7) is 6.54.